The fourth-order valence-electron chi connectivity index (χ4n) is 1.82. The number of nitrogens with zero attached hydrogens (tertiary/aromatic N) is 2. The van der Waals surface area contributed by atoms with Crippen molar-refractivity contribution in [2.24, 2.45) is 0 Å². The summed E-state index contributed by atoms with van der Waals surface area (Å²) in [6.07, 6.45) is 2.57. The molecule has 0 saturated carbocycles. The van der Waals surface area contributed by atoms with Crippen molar-refractivity contribution in [1.29, 1.82) is 0 Å². The molecule has 2 rings (SSSR count). The van der Waals surface area contributed by atoms with Gasteiger partial charge in [-0.1, -0.05) is 18.2 Å². The molecule has 5 heteroatoms. The van der Waals surface area contributed by atoms with E-state index in [4.69, 9.17) is 5.11 Å². The van der Waals surface area contributed by atoms with Gasteiger partial charge in [0.1, 0.15) is 5.82 Å². The zero-order valence-corrected chi connectivity index (χ0v) is 10.6. The van der Waals surface area contributed by atoms with Crippen molar-refractivity contribution in [1.82, 2.24) is 9.97 Å². The van der Waals surface area contributed by atoms with E-state index in [2.05, 4.69) is 21.9 Å². The highest BCUT2D eigenvalue weighted by atomic mass is 16.4. The molecule has 2 N–H and O–H groups in total. The van der Waals surface area contributed by atoms with E-state index in [1.54, 1.807) is 12.1 Å². The summed E-state index contributed by atoms with van der Waals surface area (Å²) in [5.74, 6) is -0.797. The minimum absolute atomic E-state index is 0.123. The Morgan fingerprint density at radius 2 is 2.21 bits per heavy atom. The Kier molecular flexibility index (Phi) is 3.75. The summed E-state index contributed by atoms with van der Waals surface area (Å²) in [6, 6.07) is 7.45. The highest BCUT2D eigenvalue weighted by Crippen LogP contribution is 2.21. The SMILES string of the molecule is C=CCC(C)Nc1nc(C(=O)O)nc2ccccc12. The number of fused-ring (bicyclic) bond motifs is 1. The van der Waals surface area contributed by atoms with Crippen LogP contribution in [0.4, 0.5) is 5.82 Å². The molecule has 98 valence electrons. The topological polar surface area (TPSA) is 75.1 Å². The molecule has 1 aromatic carbocycles. The van der Waals surface area contributed by atoms with Gasteiger partial charge in [-0.15, -0.1) is 6.58 Å². The summed E-state index contributed by atoms with van der Waals surface area (Å²) in [6.45, 7) is 5.67. The van der Waals surface area contributed by atoms with Crippen LogP contribution in [0.5, 0.6) is 0 Å². The summed E-state index contributed by atoms with van der Waals surface area (Å²) in [4.78, 5) is 19.1. The molecule has 0 bridgehead atoms. The first-order valence-electron chi connectivity index (χ1n) is 5.99. The van der Waals surface area contributed by atoms with Gasteiger partial charge in [0.05, 0.1) is 5.52 Å². The number of nitrogens with one attached hydrogen (secondary N) is 1. The van der Waals surface area contributed by atoms with Crippen molar-refractivity contribution >= 4 is 22.7 Å². The molecule has 1 aromatic heterocycles. The summed E-state index contributed by atoms with van der Waals surface area (Å²) in [7, 11) is 0. The molecule has 0 radical (unpaired) electrons. The van der Waals surface area contributed by atoms with E-state index in [0.29, 0.717) is 11.3 Å². The molecule has 0 aliphatic rings. The molecule has 1 heterocycles. The molecule has 0 amide bonds. The van der Waals surface area contributed by atoms with Crippen molar-refractivity contribution in [2.75, 3.05) is 5.32 Å². The lowest BCUT2D eigenvalue weighted by atomic mass is 10.2. The molecule has 0 fully saturated rings. The van der Waals surface area contributed by atoms with Crippen molar-refractivity contribution in [3.63, 3.8) is 0 Å². The molecule has 0 saturated heterocycles. The maximum atomic E-state index is 11.0. The highest BCUT2D eigenvalue weighted by molar-refractivity contribution is 5.93. The van der Waals surface area contributed by atoms with Crippen LogP contribution in [0.3, 0.4) is 0 Å². The number of aromatic nitrogens is 2. The third-order valence-electron chi connectivity index (χ3n) is 2.70. The van der Waals surface area contributed by atoms with Gasteiger partial charge >= 0.3 is 5.97 Å². The number of carboxylic acids is 1. The Hall–Kier alpha value is -2.43. The Morgan fingerprint density at radius 3 is 2.89 bits per heavy atom. The first-order chi connectivity index (χ1) is 9.11. The van der Waals surface area contributed by atoms with E-state index >= 15 is 0 Å². The summed E-state index contributed by atoms with van der Waals surface area (Å²) in [5, 5.41) is 13.0. The average molecular weight is 257 g/mol. The molecule has 19 heavy (non-hydrogen) atoms. The number of aromatic carboxylic acids is 1. The van der Waals surface area contributed by atoms with Crippen LogP contribution in [0, 0.1) is 0 Å². The van der Waals surface area contributed by atoms with Gasteiger partial charge in [0, 0.05) is 11.4 Å². The van der Waals surface area contributed by atoms with Crippen molar-refractivity contribution in [3.05, 3.63) is 42.7 Å². The van der Waals surface area contributed by atoms with E-state index in [9.17, 15) is 4.79 Å². The van der Waals surface area contributed by atoms with Crippen molar-refractivity contribution in [3.8, 4) is 0 Å². The quantitative estimate of drug-likeness (QED) is 0.805. The van der Waals surface area contributed by atoms with Gasteiger partial charge in [-0.3, -0.25) is 0 Å². The van der Waals surface area contributed by atoms with E-state index in [0.717, 1.165) is 11.8 Å². The maximum Gasteiger partial charge on any atom is 0.374 e. The predicted octanol–water partition coefficient (Wildman–Crippen LogP) is 2.70. The van der Waals surface area contributed by atoms with Crippen molar-refractivity contribution in [2.45, 2.75) is 19.4 Å². The monoisotopic (exact) mass is 257 g/mol. The van der Waals surface area contributed by atoms with Gasteiger partial charge in [-0.05, 0) is 25.5 Å². The fraction of sp³-hybridized carbons (Fsp3) is 0.214. The molecule has 1 unspecified atom stereocenters. The van der Waals surface area contributed by atoms with Crippen LogP contribution < -0.4 is 5.32 Å². The minimum Gasteiger partial charge on any atom is -0.475 e. The Balaban J connectivity index is 2.50. The molecule has 0 aliphatic carbocycles. The fourth-order valence-corrected chi connectivity index (χ4v) is 1.82. The second kappa shape index (κ2) is 5.48. The number of carbonyl (C=O) groups is 1. The Morgan fingerprint density at radius 1 is 1.47 bits per heavy atom. The second-order valence-electron chi connectivity index (χ2n) is 4.29. The van der Waals surface area contributed by atoms with Gasteiger partial charge in [0.2, 0.25) is 5.82 Å². The third-order valence-corrected chi connectivity index (χ3v) is 2.70. The van der Waals surface area contributed by atoms with E-state index in [-0.39, 0.29) is 11.9 Å². The summed E-state index contributed by atoms with van der Waals surface area (Å²) < 4.78 is 0. The maximum absolute atomic E-state index is 11.0. The minimum atomic E-state index is -1.13. The van der Waals surface area contributed by atoms with Crippen LogP contribution in [-0.4, -0.2) is 27.1 Å². The number of rotatable bonds is 5. The van der Waals surface area contributed by atoms with Gasteiger partial charge < -0.3 is 10.4 Å². The molecule has 5 nitrogen and oxygen atoms in total. The number of anilines is 1. The van der Waals surface area contributed by atoms with E-state index in [1.807, 2.05) is 25.1 Å². The van der Waals surface area contributed by atoms with Crippen LogP contribution in [-0.2, 0) is 0 Å². The standard InChI is InChI=1S/C14H15N3O2/c1-3-6-9(2)15-12-10-7-4-5-8-11(10)16-13(17-12)14(18)19/h3-5,7-9H,1,6H2,2H3,(H,18,19)(H,15,16,17). The zero-order valence-electron chi connectivity index (χ0n) is 10.6. The first-order valence-corrected chi connectivity index (χ1v) is 5.99. The van der Waals surface area contributed by atoms with Crippen LogP contribution in [0.2, 0.25) is 0 Å². The lowest BCUT2D eigenvalue weighted by Crippen LogP contribution is -2.17. The molecule has 0 spiro atoms. The number of carboxylic acid groups (broad SMARTS) is 1. The Labute approximate surface area is 111 Å². The van der Waals surface area contributed by atoms with E-state index in [1.165, 1.54) is 0 Å². The largest absolute Gasteiger partial charge is 0.475 e. The van der Waals surface area contributed by atoms with Gasteiger partial charge in [-0.25, -0.2) is 14.8 Å². The molecular formula is C14H15N3O2. The second-order valence-corrected chi connectivity index (χ2v) is 4.29. The summed E-state index contributed by atoms with van der Waals surface area (Å²) >= 11 is 0. The van der Waals surface area contributed by atoms with Crippen molar-refractivity contribution < 1.29 is 9.90 Å². The molecule has 2 aromatic rings. The number of hydrogen-bond acceptors (Lipinski definition) is 4. The average Bonchev–Trinajstić information content (AvgIpc) is 2.38. The number of para-hydroxylation sites is 1. The van der Waals surface area contributed by atoms with Crippen LogP contribution in [0.15, 0.2) is 36.9 Å². The van der Waals surface area contributed by atoms with E-state index < -0.39 is 5.97 Å². The number of hydrogen-bond donors (Lipinski definition) is 2. The van der Waals surface area contributed by atoms with Crippen LogP contribution >= 0.6 is 0 Å². The van der Waals surface area contributed by atoms with Crippen LogP contribution in [0.25, 0.3) is 10.9 Å². The lowest BCUT2D eigenvalue weighted by Gasteiger charge is -2.14. The lowest BCUT2D eigenvalue weighted by molar-refractivity contribution is 0.0684. The number of benzene rings is 1. The molecular weight excluding hydrogens is 242 g/mol. The normalized spacial score (nSPS) is 12.1. The smallest absolute Gasteiger partial charge is 0.374 e. The van der Waals surface area contributed by atoms with Gasteiger partial charge in [-0.2, -0.15) is 0 Å². The highest BCUT2D eigenvalue weighted by Gasteiger charge is 2.13. The summed E-state index contributed by atoms with van der Waals surface area (Å²) in [5.41, 5.74) is 0.614. The molecule has 1 atom stereocenters. The van der Waals surface area contributed by atoms with Gasteiger partial charge in [0.25, 0.3) is 0 Å². The third kappa shape index (κ3) is 2.88. The first kappa shape index (κ1) is 13.0. The zero-order chi connectivity index (χ0) is 13.8. The molecule has 0 aliphatic heterocycles. The van der Waals surface area contributed by atoms with Gasteiger partial charge in [0.15, 0.2) is 0 Å². The Bertz CT molecular complexity index is 625. The predicted molar refractivity (Wildman–Crippen MR) is 74.4 cm³/mol. The van der Waals surface area contributed by atoms with Crippen LogP contribution in [0.1, 0.15) is 24.0 Å².